The van der Waals surface area contributed by atoms with Crippen LogP contribution in [0.1, 0.15) is 32.8 Å². The first kappa shape index (κ1) is 18.0. The van der Waals surface area contributed by atoms with E-state index in [-0.39, 0.29) is 11.8 Å². The second-order valence-corrected chi connectivity index (χ2v) is 6.57. The molecule has 0 unspecified atom stereocenters. The molecule has 0 atom stereocenters. The van der Waals surface area contributed by atoms with E-state index in [1.807, 2.05) is 24.4 Å². The summed E-state index contributed by atoms with van der Waals surface area (Å²) in [6.45, 7) is 7.46. The van der Waals surface area contributed by atoms with Crippen LogP contribution in [0.5, 0.6) is 0 Å². The lowest BCUT2D eigenvalue weighted by atomic mass is 10.1. The Balaban J connectivity index is 1.76. The zero-order chi connectivity index (χ0) is 17.5. The molecule has 2 amide bonds. The van der Waals surface area contributed by atoms with Crippen LogP contribution in [0.15, 0.2) is 30.5 Å². The second kappa shape index (κ2) is 8.52. The SMILES string of the molecule is CC(=O)N(CCC(=O)NCCc1c[nH]c2ccccc12)CC(C)C. The highest BCUT2D eigenvalue weighted by atomic mass is 16.2. The van der Waals surface area contributed by atoms with E-state index in [4.69, 9.17) is 0 Å². The summed E-state index contributed by atoms with van der Waals surface area (Å²) < 4.78 is 0. The van der Waals surface area contributed by atoms with Gasteiger partial charge < -0.3 is 15.2 Å². The summed E-state index contributed by atoms with van der Waals surface area (Å²) in [6.07, 6.45) is 3.13. The molecule has 1 aromatic heterocycles. The van der Waals surface area contributed by atoms with Crippen molar-refractivity contribution in [3.63, 3.8) is 0 Å². The van der Waals surface area contributed by atoms with Gasteiger partial charge in [0.05, 0.1) is 0 Å². The number of para-hydroxylation sites is 1. The van der Waals surface area contributed by atoms with Crippen molar-refractivity contribution in [1.29, 1.82) is 0 Å². The normalized spacial score (nSPS) is 11.0. The van der Waals surface area contributed by atoms with E-state index >= 15 is 0 Å². The summed E-state index contributed by atoms with van der Waals surface area (Å²) in [7, 11) is 0. The number of hydrogen-bond donors (Lipinski definition) is 2. The fourth-order valence-electron chi connectivity index (χ4n) is 2.82. The maximum absolute atomic E-state index is 12.0. The summed E-state index contributed by atoms with van der Waals surface area (Å²) in [5.41, 5.74) is 2.32. The van der Waals surface area contributed by atoms with Crippen LogP contribution in [-0.4, -0.2) is 41.3 Å². The number of nitrogens with zero attached hydrogens (tertiary/aromatic N) is 1. The molecule has 0 radical (unpaired) electrons. The zero-order valence-corrected chi connectivity index (χ0v) is 14.8. The molecule has 0 saturated heterocycles. The van der Waals surface area contributed by atoms with Gasteiger partial charge in [-0.05, 0) is 24.0 Å². The number of amides is 2. The molecule has 2 rings (SSSR count). The number of carbonyl (C=O) groups excluding carboxylic acids is 2. The molecule has 2 aromatic rings. The Morgan fingerprint density at radius 1 is 1.25 bits per heavy atom. The summed E-state index contributed by atoms with van der Waals surface area (Å²) in [4.78, 5) is 28.5. The van der Waals surface area contributed by atoms with Gasteiger partial charge in [0.1, 0.15) is 0 Å². The van der Waals surface area contributed by atoms with Crippen LogP contribution >= 0.6 is 0 Å². The minimum absolute atomic E-state index is 0.00940. The lowest BCUT2D eigenvalue weighted by Gasteiger charge is -2.22. The number of H-pyrrole nitrogens is 1. The third kappa shape index (κ3) is 5.11. The lowest BCUT2D eigenvalue weighted by Crippen LogP contribution is -2.36. The van der Waals surface area contributed by atoms with Crippen molar-refractivity contribution in [3.8, 4) is 0 Å². The van der Waals surface area contributed by atoms with Crippen molar-refractivity contribution < 1.29 is 9.59 Å². The number of benzene rings is 1. The van der Waals surface area contributed by atoms with Crippen LogP contribution in [0.25, 0.3) is 10.9 Å². The summed E-state index contributed by atoms with van der Waals surface area (Å²) in [6, 6.07) is 8.15. The first-order valence-corrected chi connectivity index (χ1v) is 8.54. The number of carbonyl (C=O) groups is 2. The van der Waals surface area contributed by atoms with Gasteiger partial charge in [0.15, 0.2) is 0 Å². The smallest absolute Gasteiger partial charge is 0.221 e. The van der Waals surface area contributed by atoms with Gasteiger partial charge in [-0.25, -0.2) is 0 Å². The molecule has 0 fully saturated rings. The standard InChI is InChI=1S/C19H27N3O2/c1-14(2)13-22(15(3)23)11-9-19(24)20-10-8-16-12-21-18-7-5-4-6-17(16)18/h4-7,12,14,21H,8-11,13H2,1-3H3,(H,20,24). The van der Waals surface area contributed by atoms with Crippen molar-refractivity contribution in [2.45, 2.75) is 33.6 Å². The van der Waals surface area contributed by atoms with Crippen molar-refractivity contribution in [1.82, 2.24) is 15.2 Å². The van der Waals surface area contributed by atoms with Crippen LogP contribution in [-0.2, 0) is 16.0 Å². The average Bonchev–Trinajstić information content (AvgIpc) is 2.94. The number of nitrogens with one attached hydrogen (secondary N) is 2. The molecule has 0 bridgehead atoms. The highest BCUT2D eigenvalue weighted by molar-refractivity contribution is 5.83. The van der Waals surface area contributed by atoms with E-state index in [0.29, 0.717) is 32.0 Å². The van der Waals surface area contributed by atoms with Crippen LogP contribution < -0.4 is 5.32 Å². The molecule has 0 aliphatic rings. The Hall–Kier alpha value is -2.30. The number of aromatic nitrogens is 1. The van der Waals surface area contributed by atoms with Crippen LogP contribution in [0.4, 0.5) is 0 Å². The van der Waals surface area contributed by atoms with Crippen LogP contribution in [0.2, 0.25) is 0 Å². The first-order valence-electron chi connectivity index (χ1n) is 8.54. The van der Waals surface area contributed by atoms with Crippen LogP contribution in [0.3, 0.4) is 0 Å². The largest absolute Gasteiger partial charge is 0.361 e. The minimum Gasteiger partial charge on any atom is -0.361 e. The molecule has 5 nitrogen and oxygen atoms in total. The molecule has 24 heavy (non-hydrogen) atoms. The fourth-order valence-corrected chi connectivity index (χ4v) is 2.82. The van der Waals surface area contributed by atoms with Gasteiger partial charge in [0.2, 0.25) is 11.8 Å². The lowest BCUT2D eigenvalue weighted by molar-refractivity contribution is -0.130. The van der Waals surface area contributed by atoms with E-state index in [1.54, 1.807) is 11.8 Å². The molecule has 0 aliphatic heterocycles. The highest BCUT2D eigenvalue weighted by Crippen LogP contribution is 2.17. The van der Waals surface area contributed by atoms with Crippen molar-refractivity contribution in [2.24, 2.45) is 5.92 Å². The topological polar surface area (TPSA) is 65.2 Å². The van der Waals surface area contributed by atoms with Gasteiger partial charge in [0.25, 0.3) is 0 Å². The van der Waals surface area contributed by atoms with E-state index in [2.05, 4.69) is 30.2 Å². The van der Waals surface area contributed by atoms with Crippen LogP contribution in [0, 0.1) is 5.92 Å². The Bertz CT molecular complexity index is 691. The zero-order valence-electron chi connectivity index (χ0n) is 14.8. The maximum Gasteiger partial charge on any atom is 0.221 e. The van der Waals surface area contributed by atoms with Gasteiger partial charge in [-0.3, -0.25) is 9.59 Å². The van der Waals surface area contributed by atoms with Gasteiger partial charge in [-0.1, -0.05) is 32.0 Å². The monoisotopic (exact) mass is 329 g/mol. The third-order valence-electron chi connectivity index (χ3n) is 4.03. The van der Waals surface area contributed by atoms with Crippen molar-refractivity contribution in [3.05, 3.63) is 36.0 Å². The van der Waals surface area contributed by atoms with Crippen molar-refractivity contribution in [2.75, 3.05) is 19.6 Å². The number of hydrogen-bond acceptors (Lipinski definition) is 2. The van der Waals surface area contributed by atoms with Gasteiger partial charge >= 0.3 is 0 Å². The van der Waals surface area contributed by atoms with Crippen molar-refractivity contribution >= 4 is 22.7 Å². The Morgan fingerprint density at radius 2 is 2.00 bits per heavy atom. The molecule has 1 aromatic carbocycles. The molecular weight excluding hydrogens is 302 g/mol. The Labute approximate surface area is 143 Å². The summed E-state index contributed by atoms with van der Waals surface area (Å²) in [5, 5.41) is 4.14. The summed E-state index contributed by atoms with van der Waals surface area (Å²) >= 11 is 0. The fraction of sp³-hybridized carbons (Fsp3) is 0.474. The predicted molar refractivity (Wildman–Crippen MR) is 96.7 cm³/mol. The minimum atomic E-state index is -0.00940. The molecule has 0 aliphatic carbocycles. The Morgan fingerprint density at radius 3 is 2.71 bits per heavy atom. The number of fused-ring (bicyclic) bond motifs is 1. The predicted octanol–water partition coefficient (Wildman–Crippen LogP) is 2.72. The molecule has 1 heterocycles. The van der Waals surface area contributed by atoms with Gasteiger partial charge in [0, 0.05) is 50.1 Å². The van der Waals surface area contributed by atoms with E-state index in [1.165, 1.54) is 10.9 Å². The van der Waals surface area contributed by atoms with Gasteiger partial charge in [-0.2, -0.15) is 0 Å². The van der Waals surface area contributed by atoms with E-state index in [0.717, 1.165) is 11.9 Å². The second-order valence-electron chi connectivity index (χ2n) is 6.57. The average molecular weight is 329 g/mol. The molecule has 130 valence electrons. The molecule has 0 spiro atoms. The van der Waals surface area contributed by atoms with E-state index < -0.39 is 0 Å². The van der Waals surface area contributed by atoms with Gasteiger partial charge in [-0.15, -0.1) is 0 Å². The summed E-state index contributed by atoms with van der Waals surface area (Å²) in [5.74, 6) is 0.416. The Kier molecular flexibility index (Phi) is 6.41. The third-order valence-corrected chi connectivity index (χ3v) is 4.03. The number of aromatic amines is 1. The maximum atomic E-state index is 12.0. The number of rotatable bonds is 8. The molecular formula is C19H27N3O2. The first-order chi connectivity index (χ1) is 11.5. The molecule has 0 saturated carbocycles. The van der Waals surface area contributed by atoms with E-state index in [9.17, 15) is 9.59 Å². The molecule has 5 heteroatoms. The highest BCUT2D eigenvalue weighted by Gasteiger charge is 2.12. The molecule has 2 N–H and O–H groups in total. The quantitative estimate of drug-likeness (QED) is 0.782.